The molecule has 0 aromatic heterocycles. The Kier molecular flexibility index (Phi) is 6.06. The van der Waals surface area contributed by atoms with E-state index < -0.39 is 0 Å². The lowest BCUT2D eigenvalue weighted by Crippen LogP contribution is -2.33. The number of aryl methyl sites for hydroxylation is 1. The Bertz CT molecular complexity index is 365. The third kappa shape index (κ3) is 4.39. The zero-order valence-corrected chi connectivity index (χ0v) is 11.3. The third-order valence-corrected chi connectivity index (χ3v) is 2.86. The van der Waals surface area contributed by atoms with E-state index in [1.54, 1.807) is 0 Å². The van der Waals surface area contributed by atoms with Crippen LogP contribution >= 0.6 is 11.6 Å². The van der Waals surface area contributed by atoms with Gasteiger partial charge in [0.1, 0.15) is 0 Å². The number of carbonyl (C=O) groups is 1. The van der Waals surface area contributed by atoms with Crippen LogP contribution in [0.15, 0.2) is 24.3 Å². The number of unbranched alkanes of at least 4 members (excludes halogenated alkanes) is 1. The fraction of sp³-hybridized carbons (Fsp3) is 0.500. The van der Waals surface area contributed by atoms with Gasteiger partial charge in [0.2, 0.25) is 0 Å². The fourth-order valence-corrected chi connectivity index (χ4v) is 1.93. The minimum atomic E-state index is 0.0859. The van der Waals surface area contributed by atoms with Crippen LogP contribution in [0.1, 0.15) is 35.7 Å². The van der Waals surface area contributed by atoms with Gasteiger partial charge in [-0.05, 0) is 25.5 Å². The summed E-state index contributed by atoms with van der Waals surface area (Å²) in [5.41, 5.74) is 1.86. The second-order valence-electron chi connectivity index (χ2n) is 4.20. The number of nitrogens with zero attached hydrogens (tertiary/aromatic N) is 1. The zero-order valence-electron chi connectivity index (χ0n) is 10.6. The van der Waals surface area contributed by atoms with E-state index >= 15 is 0 Å². The standard InChI is InChI=1S/C14H20ClNO/c1-3-4-9-16(10-8-15)14(17)13-7-5-6-12(2)11-13/h5-7,11H,3-4,8-10H2,1-2H3. The summed E-state index contributed by atoms with van der Waals surface area (Å²) in [5.74, 6) is 0.573. The van der Waals surface area contributed by atoms with Crippen molar-refractivity contribution < 1.29 is 4.79 Å². The number of benzene rings is 1. The van der Waals surface area contributed by atoms with Gasteiger partial charge in [-0.25, -0.2) is 0 Å². The number of carbonyl (C=O) groups excluding carboxylic acids is 1. The smallest absolute Gasteiger partial charge is 0.253 e. The lowest BCUT2D eigenvalue weighted by molar-refractivity contribution is 0.0763. The highest BCUT2D eigenvalue weighted by molar-refractivity contribution is 6.18. The molecule has 94 valence electrons. The van der Waals surface area contributed by atoms with Gasteiger partial charge in [0.15, 0.2) is 0 Å². The van der Waals surface area contributed by atoms with Crippen molar-refractivity contribution in [3.05, 3.63) is 35.4 Å². The number of hydrogen-bond donors (Lipinski definition) is 0. The van der Waals surface area contributed by atoms with Crippen molar-refractivity contribution >= 4 is 17.5 Å². The van der Waals surface area contributed by atoms with Crippen molar-refractivity contribution in [2.45, 2.75) is 26.7 Å². The van der Waals surface area contributed by atoms with Gasteiger partial charge < -0.3 is 4.90 Å². The van der Waals surface area contributed by atoms with Crippen LogP contribution in [0, 0.1) is 6.92 Å². The van der Waals surface area contributed by atoms with E-state index in [1.807, 2.05) is 36.1 Å². The minimum Gasteiger partial charge on any atom is -0.337 e. The molecule has 0 saturated heterocycles. The zero-order chi connectivity index (χ0) is 12.7. The van der Waals surface area contributed by atoms with Crippen molar-refractivity contribution in [3.63, 3.8) is 0 Å². The number of alkyl halides is 1. The predicted molar refractivity (Wildman–Crippen MR) is 72.7 cm³/mol. The summed E-state index contributed by atoms with van der Waals surface area (Å²) in [6.07, 6.45) is 2.11. The van der Waals surface area contributed by atoms with E-state index in [9.17, 15) is 4.79 Å². The van der Waals surface area contributed by atoms with Crippen LogP contribution in [-0.2, 0) is 0 Å². The summed E-state index contributed by atoms with van der Waals surface area (Å²) >= 11 is 5.74. The van der Waals surface area contributed by atoms with Gasteiger partial charge >= 0.3 is 0 Å². The first kappa shape index (κ1) is 14.0. The Morgan fingerprint density at radius 2 is 2.12 bits per heavy atom. The maximum absolute atomic E-state index is 12.3. The summed E-state index contributed by atoms with van der Waals surface area (Å²) < 4.78 is 0. The Morgan fingerprint density at radius 3 is 2.71 bits per heavy atom. The summed E-state index contributed by atoms with van der Waals surface area (Å²) in [5, 5.41) is 0. The molecule has 0 heterocycles. The minimum absolute atomic E-state index is 0.0859. The first-order valence-electron chi connectivity index (χ1n) is 6.11. The van der Waals surface area contributed by atoms with Crippen LogP contribution in [0.4, 0.5) is 0 Å². The maximum atomic E-state index is 12.3. The fourth-order valence-electron chi connectivity index (χ4n) is 1.73. The molecule has 0 aliphatic heterocycles. The lowest BCUT2D eigenvalue weighted by atomic mass is 10.1. The van der Waals surface area contributed by atoms with Gasteiger partial charge in [-0.2, -0.15) is 0 Å². The second-order valence-corrected chi connectivity index (χ2v) is 4.58. The average Bonchev–Trinajstić information content (AvgIpc) is 2.33. The van der Waals surface area contributed by atoms with E-state index in [0.717, 1.165) is 30.5 Å². The Hall–Kier alpha value is -1.02. The van der Waals surface area contributed by atoms with Gasteiger partial charge in [-0.15, -0.1) is 11.6 Å². The van der Waals surface area contributed by atoms with Crippen LogP contribution in [0.5, 0.6) is 0 Å². The lowest BCUT2D eigenvalue weighted by Gasteiger charge is -2.21. The van der Waals surface area contributed by atoms with E-state index in [1.165, 1.54) is 0 Å². The molecule has 0 aliphatic rings. The molecule has 0 bridgehead atoms. The van der Waals surface area contributed by atoms with Crippen molar-refractivity contribution in [2.24, 2.45) is 0 Å². The summed E-state index contributed by atoms with van der Waals surface area (Å²) in [7, 11) is 0. The highest BCUT2D eigenvalue weighted by Crippen LogP contribution is 2.09. The van der Waals surface area contributed by atoms with Crippen molar-refractivity contribution in [3.8, 4) is 0 Å². The van der Waals surface area contributed by atoms with Gasteiger partial charge in [-0.1, -0.05) is 31.0 Å². The molecule has 0 saturated carbocycles. The van der Waals surface area contributed by atoms with E-state index in [0.29, 0.717) is 12.4 Å². The largest absolute Gasteiger partial charge is 0.337 e. The van der Waals surface area contributed by atoms with Crippen LogP contribution < -0.4 is 0 Å². The summed E-state index contributed by atoms with van der Waals surface area (Å²) in [6.45, 7) is 5.52. The molecule has 0 aliphatic carbocycles. The van der Waals surface area contributed by atoms with Crippen molar-refractivity contribution in [2.75, 3.05) is 19.0 Å². The topological polar surface area (TPSA) is 20.3 Å². The van der Waals surface area contributed by atoms with E-state index in [2.05, 4.69) is 6.92 Å². The Labute approximate surface area is 109 Å². The van der Waals surface area contributed by atoms with E-state index in [-0.39, 0.29) is 5.91 Å². The van der Waals surface area contributed by atoms with Crippen LogP contribution in [0.25, 0.3) is 0 Å². The first-order valence-corrected chi connectivity index (χ1v) is 6.64. The summed E-state index contributed by atoms with van der Waals surface area (Å²) in [6, 6.07) is 7.70. The summed E-state index contributed by atoms with van der Waals surface area (Å²) in [4.78, 5) is 14.1. The van der Waals surface area contributed by atoms with E-state index in [4.69, 9.17) is 11.6 Å². The number of rotatable bonds is 6. The molecule has 0 fully saturated rings. The molecule has 17 heavy (non-hydrogen) atoms. The van der Waals surface area contributed by atoms with Crippen molar-refractivity contribution in [1.29, 1.82) is 0 Å². The number of amides is 1. The monoisotopic (exact) mass is 253 g/mol. The van der Waals surface area contributed by atoms with Gasteiger partial charge in [0.25, 0.3) is 5.91 Å². The quantitative estimate of drug-likeness (QED) is 0.711. The van der Waals surface area contributed by atoms with Crippen LogP contribution in [-0.4, -0.2) is 29.8 Å². The molecular weight excluding hydrogens is 234 g/mol. The highest BCUT2D eigenvalue weighted by atomic mass is 35.5. The van der Waals surface area contributed by atoms with Crippen LogP contribution in [0.3, 0.4) is 0 Å². The SMILES string of the molecule is CCCCN(CCCl)C(=O)c1cccc(C)c1. The molecule has 1 aromatic carbocycles. The third-order valence-electron chi connectivity index (χ3n) is 2.69. The second kappa shape index (κ2) is 7.33. The number of hydrogen-bond acceptors (Lipinski definition) is 1. The molecule has 1 aromatic rings. The molecule has 0 N–H and O–H groups in total. The molecule has 0 atom stereocenters. The molecule has 2 nitrogen and oxygen atoms in total. The normalized spacial score (nSPS) is 10.3. The maximum Gasteiger partial charge on any atom is 0.253 e. The van der Waals surface area contributed by atoms with Gasteiger partial charge in [-0.3, -0.25) is 4.79 Å². The van der Waals surface area contributed by atoms with Crippen LogP contribution in [0.2, 0.25) is 0 Å². The first-order chi connectivity index (χ1) is 8.19. The molecule has 3 heteroatoms. The Balaban J connectivity index is 2.76. The van der Waals surface area contributed by atoms with Gasteiger partial charge in [0.05, 0.1) is 0 Å². The predicted octanol–water partition coefficient (Wildman–Crippen LogP) is 3.48. The Morgan fingerprint density at radius 1 is 1.35 bits per heavy atom. The molecule has 0 unspecified atom stereocenters. The average molecular weight is 254 g/mol. The molecule has 0 spiro atoms. The van der Waals surface area contributed by atoms with Crippen molar-refractivity contribution in [1.82, 2.24) is 4.90 Å². The molecule has 1 amide bonds. The number of halogens is 1. The highest BCUT2D eigenvalue weighted by Gasteiger charge is 2.14. The molecule has 1 rings (SSSR count). The van der Waals surface area contributed by atoms with Gasteiger partial charge in [0, 0.05) is 24.5 Å². The molecular formula is C14H20ClNO. The molecule has 0 radical (unpaired) electrons.